The zero-order chi connectivity index (χ0) is 22.7. The molecular formula is C31H36BrN. The maximum Gasteiger partial charge on any atom is 0.0418 e. The van der Waals surface area contributed by atoms with Gasteiger partial charge in [-0.3, -0.25) is 0 Å². The maximum atomic E-state index is 4.29. The molecule has 2 aromatic rings. The highest BCUT2D eigenvalue weighted by Gasteiger charge is 2.55. The molecule has 2 aromatic carbocycles. The molecule has 1 aliphatic heterocycles. The van der Waals surface area contributed by atoms with Crippen molar-refractivity contribution in [1.29, 1.82) is 0 Å². The van der Waals surface area contributed by atoms with E-state index in [1.165, 1.54) is 54.6 Å². The zero-order valence-electron chi connectivity index (χ0n) is 20.2. The van der Waals surface area contributed by atoms with E-state index in [0.717, 1.165) is 23.7 Å². The summed E-state index contributed by atoms with van der Waals surface area (Å²) in [5.41, 5.74) is 9.08. The minimum absolute atomic E-state index is 0.598. The summed E-state index contributed by atoms with van der Waals surface area (Å²) in [7, 11) is 0. The molecule has 0 aromatic heterocycles. The molecule has 0 radical (unpaired) electrons. The third-order valence-electron chi connectivity index (χ3n) is 9.58. The van der Waals surface area contributed by atoms with Crippen LogP contribution in [0.5, 0.6) is 0 Å². The number of anilines is 1. The quantitative estimate of drug-likeness (QED) is 0.381. The molecule has 2 saturated carbocycles. The van der Waals surface area contributed by atoms with Crippen LogP contribution in [0.4, 0.5) is 5.69 Å². The van der Waals surface area contributed by atoms with Crippen molar-refractivity contribution < 1.29 is 0 Å². The van der Waals surface area contributed by atoms with E-state index in [0.29, 0.717) is 16.8 Å². The van der Waals surface area contributed by atoms with E-state index in [-0.39, 0.29) is 0 Å². The van der Waals surface area contributed by atoms with Crippen LogP contribution in [-0.4, -0.2) is 10.9 Å². The van der Waals surface area contributed by atoms with Crippen LogP contribution in [0, 0.1) is 29.6 Å². The van der Waals surface area contributed by atoms with Gasteiger partial charge in [0.15, 0.2) is 0 Å². The zero-order valence-corrected chi connectivity index (χ0v) is 21.8. The molecule has 172 valence electrons. The second-order valence-corrected chi connectivity index (χ2v) is 12.2. The summed E-state index contributed by atoms with van der Waals surface area (Å²) >= 11 is 4.29. The van der Waals surface area contributed by atoms with Crippen molar-refractivity contribution in [3.05, 3.63) is 82.6 Å². The summed E-state index contributed by atoms with van der Waals surface area (Å²) in [5, 5.41) is 0. The van der Waals surface area contributed by atoms with Crippen LogP contribution in [-0.2, 0) is 6.42 Å². The molecule has 2 fully saturated rings. The average Bonchev–Trinajstić information content (AvgIpc) is 3.45. The Hall–Kier alpha value is -1.80. The number of nitrogens with zero attached hydrogens (tertiary/aromatic N) is 1. The molecule has 0 saturated heterocycles. The average molecular weight is 503 g/mol. The minimum Gasteiger partial charge on any atom is -0.342 e. The van der Waals surface area contributed by atoms with Crippen LogP contribution in [0.1, 0.15) is 57.6 Å². The molecule has 0 N–H and O–H groups in total. The van der Waals surface area contributed by atoms with Crippen LogP contribution < -0.4 is 4.90 Å². The van der Waals surface area contributed by atoms with Gasteiger partial charge in [0.1, 0.15) is 0 Å². The Labute approximate surface area is 208 Å². The van der Waals surface area contributed by atoms with Crippen LogP contribution >= 0.6 is 15.9 Å². The maximum absolute atomic E-state index is 4.29. The van der Waals surface area contributed by atoms with Gasteiger partial charge in [0, 0.05) is 28.2 Å². The van der Waals surface area contributed by atoms with Crippen molar-refractivity contribution in [2.24, 2.45) is 29.6 Å². The van der Waals surface area contributed by atoms with E-state index in [9.17, 15) is 0 Å². The smallest absolute Gasteiger partial charge is 0.0418 e. The monoisotopic (exact) mass is 501 g/mol. The lowest BCUT2D eigenvalue weighted by molar-refractivity contribution is 0.176. The molecule has 0 spiro atoms. The first kappa shape index (κ1) is 21.7. The SMILES string of the molecule is CC1=C(C)N(c2ccccc2)C2CC3C(CCC4=Cc5ccccc5C4)C(C)CC3C(Br)C12. The number of rotatable bonds is 4. The molecule has 1 heterocycles. The molecule has 6 rings (SSSR count). The van der Waals surface area contributed by atoms with E-state index in [2.05, 4.69) is 102 Å². The summed E-state index contributed by atoms with van der Waals surface area (Å²) in [6.45, 7) is 7.28. The van der Waals surface area contributed by atoms with Crippen LogP contribution in [0.3, 0.4) is 0 Å². The number of fused-ring (bicyclic) bond motifs is 3. The number of allylic oxidation sites excluding steroid dienone is 2. The van der Waals surface area contributed by atoms with Gasteiger partial charge in [-0.05, 0) is 98.5 Å². The lowest BCUT2D eigenvalue weighted by Crippen LogP contribution is -2.47. The number of halogens is 1. The predicted octanol–water partition coefficient (Wildman–Crippen LogP) is 8.26. The number of para-hydroxylation sites is 1. The van der Waals surface area contributed by atoms with E-state index in [4.69, 9.17) is 0 Å². The highest BCUT2D eigenvalue weighted by Crippen LogP contribution is 2.58. The minimum atomic E-state index is 0.598. The molecule has 4 aliphatic rings. The molecular weight excluding hydrogens is 466 g/mol. The van der Waals surface area contributed by atoms with Gasteiger partial charge in [0.2, 0.25) is 0 Å². The second-order valence-electron chi connectivity index (χ2n) is 11.2. The Morgan fingerprint density at radius 2 is 1.70 bits per heavy atom. The Morgan fingerprint density at radius 3 is 2.48 bits per heavy atom. The van der Waals surface area contributed by atoms with Crippen molar-refractivity contribution in [1.82, 2.24) is 0 Å². The molecule has 0 amide bonds. The number of benzene rings is 2. The topological polar surface area (TPSA) is 3.24 Å². The molecule has 33 heavy (non-hydrogen) atoms. The van der Waals surface area contributed by atoms with E-state index in [1.54, 1.807) is 11.1 Å². The van der Waals surface area contributed by atoms with Gasteiger partial charge >= 0.3 is 0 Å². The Bertz CT molecular complexity index is 1100. The normalized spacial score (nSPS) is 34.8. The molecule has 3 aliphatic carbocycles. The van der Waals surface area contributed by atoms with E-state index < -0.39 is 0 Å². The van der Waals surface area contributed by atoms with E-state index in [1.807, 2.05) is 0 Å². The van der Waals surface area contributed by atoms with Crippen molar-refractivity contribution in [2.45, 2.75) is 63.7 Å². The lowest BCUT2D eigenvalue weighted by atomic mass is 9.68. The fraction of sp³-hybridized carbons (Fsp3) is 0.484. The van der Waals surface area contributed by atoms with Gasteiger partial charge < -0.3 is 4.90 Å². The Kier molecular flexibility index (Phi) is 5.56. The van der Waals surface area contributed by atoms with Crippen LogP contribution in [0.15, 0.2) is 71.4 Å². The summed E-state index contributed by atoms with van der Waals surface area (Å²) in [6, 6.07) is 20.7. The van der Waals surface area contributed by atoms with Gasteiger partial charge in [0.05, 0.1) is 0 Å². The van der Waals surface area contributed by atoms with Crippen LogP contribution in [0.2, 0.25) is 0 Å². The summed E-state index contributed by atoms with van der Waals surface area (Å²) in [4.78, 5) is 3.29. The molecule has 0 bridgehead atoms. The van der Waals surface area contributed by atoms with Gasteiger partial charge in [-0.25, -0.2) is 0 Å². The highest BCUT2D eigenvalue weighted by molar-refractivity contribution is 9.09. The number of hydrogen-bond donors (Lipinski definition) is 0. The highest BCUT2D eigenvalue weighted by atomic mass is 79.9. The molecule has 1 nitrogen and oxygen atoms in total. The molecule has 7 atom stereocenters. The van der Waals surface area contributed by atoms with Crippen LogP contribution in [0.25, 0.3) is 6.08 Å². The van der Waals surface area contributed by atoms with E-state index >= 15 is 0 Å². The van der Waals surface area contributed by atoms with Crippen molar-refractivity contribution in [3.8, 4) is 0 Å². The summed E-state index contributed by atoms with van der Waals surface area (Å²) in [5.74, 6) is 3.97. The van der Waals surface area contributed by atoms with Gasteiger partial charge in [0.25, 0.3) is 0 Å². The fourth-order valence-electron chi connectivity index (χ4n) is 7.95. The lowest BCUT2D eigenvalue weighted by Gasteiger charge is -2.45. The fourth-order valence-corrected chi connectivity index (χ4v) is 9.30. The van der Waals surface area contributed by atoms with Gasteiger partial charge in [-0.1, -0.05) is 77.0 Å². The molecule has 7 unspecified atom stereocenters. The third kappa shape index (κ3) is 3.55. The Morgan fingerprint density at radius 1 is 0.939 bits per heavy atom. The van der Waals surface area contributed by atoms with Gasteiger partial charge in [-0.2, -0.15) is 0 Å². The second kappa shape index (κ2) is 8.45. The van der Waals surface area contributed by atoms with Crippen molar-refractivity contribution >= 4 is 27.7 Å². The first-order valence-electron chi connectivity index (χ1n) is 13.0. The predicted molar refractivity (Wildman–Crippen MR) is 144 cm³/mol. The first-order valence-corrected chi connectivity index (χ1v) is 13.9. The standard InChI is InChI=1S/C31H36BrN/c1-19-15-28-27(26(19)14-13-22-16-23-9-7-8-10-24(23)17-22)18-29-30(31(28)32)20(2)21(3)33(29)25-11-5-4-6-12-25/h4-12,16,19,26-31H,13-15,17-18H2,1-3H3. The molecule has 2 heteroatoms. The van der Waals surface area contributed by atoms with Crippen molar-refractivity contribution in [3.63, 3.8) is 0 Å². The largest absolute Gasteiger partial charge is 0.342 e. The van der Waals surface area contributed by atoms with Gasteiger partial charge in [-0.15, -0.1) is 0 Å². The first-order chi connectivity index (χ1) is 16.0. The number of alkyl halides is 1. The van der Waals surface area contributed by atoms with Crippen molar-refractivity contribution in [2.75, 3.05) is 4.90 Å². The summed E-state index contributed by atoms with van der Waals surface area (Å²) in [6.07, 6.45) is 9.01. The number of hydrogen-bond acceptors (Lipinski definition) is 1. The summed E-state index contributed by atoms with van der Waals surface area (Å²) < 4.78 is 0. The third-order valence-corrected chi connectivity index (χ3v) is 10.8. The Balaban J connectivity index is 1.23.